The van der Waals surface area contributed by atoms with Crippen LogP contribution in [0.4, 0.5) is 4.79 Å². The second-order valence-corrected chi connectivity index (χ2v) is 6.55. The summed E-state index contributed by atoms with van der Waals surface area (Å²) in [5, 5.41) is 2.71. The fourth-order valence-corrected chi connectivity index (χ4v) is 3.16. The maximum atomic E-state index is 12.8. The lowest BCUT2D eigenvalue weighted by Gasteiger charge is -2.22. The predicted molar refractivity (Wildman–Crippen MR) is 94.3 cm³/mol. The molecule has 0 aromatic heterocycles. The minimum Gasteiger partial charge on any atom is -0.319 e. The van der Waals surface area contributed by atoms with E-state index in [9.17, 15) is 14.4 Å². The molecule has 0 bridgehead atoms. The number of amides is 3. The molecule has 0 aliphatic carbocycles. The third-order valence-electron chi connectivity index (χ3n) is 4.61. The van der Waals surface area contributed by atoms with Crippen LogP contribution in [0.25, 0.3) is 0 Å². The highest BCUT2D eigenvalue weighted by atomic mass is 16.2. The van der Waals surface area contributed by atoms with Crippen molar-refractivity contribution in [2.24, 2.45) is 0 Å². The van der Waals surface area contributed by atoms with Gasteiger partial charge in [-0.05, 0) is 31.9 Å². The average Bonchev–Trinajstić information content (AvgIpc) is 2.80. The Labute approximate surface area is 146 Å². The Morgan fingerprint density at radius 3 is 2.40 bits per heavy atom. The first kappa shape index (κ1) is 16.9. The molecule has 1 atom stereocenters. The van der Waals surface area contributed by atoms with Crippen molar-refractivity contribution in [2.45, 2.75) is 26.3 Å². The molecule has 5 nitrogen and oxygen atoms in total. The molecule has 0 unspecified atom stereocenters. The molecule has 2 aromatic carbocycles. The van der Waals surface area contributed by atoms with Crippen LogP contribution in [0.1, 0.15) is 34.0 Å². The van der Waals surface area contributed by atoms with Gasteiger partial charge in [-0.1, -0.05) is 54.1 Å². The maximum Gasteiger partial charge on any atom is 0.325 e. The molecule has 0 spiro atoms. The Hall–Kier alpha value is -2.95. The molecule has 2 aromatic rings. The number of carbonyl (C=O) groups excluding carboxylic acids is 3. The Bertz CT molecular complexity index is 860. The van der Waals surface area contributed by atoms with Crippen LogP contribution in [0.5, 0.6) is 0 Å². The van der Waals surface area contributed by atoms with Crippen LogP contribution in [0.3, 0.4) is 0 Å². The number of carbonyl (C=O) groups is 3. The number of hydrogen-bond acceptors (Lipinski definition) is 3. The zero-order valence-corrected chi connectivity index (χ0v) is 14.5. The van der Waals surface area contributed by atoms with Crippen molar-refractivity contribution in [2.75, 3.05) is 6.54 Å². The number of imide groups is 1. The second-order valence-electron chi connectivity index (χ2n) is 6.55. The van der Waals surface area contributed by atoms with E-state index in [1.165, 1.54) is 0 Å². The molecule has 1 fully saturated rings. The van der Waals surface area contributed by atoms with E-state index in [1.54, 1.807) is 25.1 Å². The minimum absolute atomic E-state index is 0.252. The van der Waals surface area contributed by atoms with Gasteiger partial charge in [-0.15, -0.1) is 0 Å². The van der Waals surface area contributed by atoms with Gasteiger partial charge in [-0.25, -0.2) is 4.79 Å². The van der Waals surface area contributed by atoms with E-state index < -0.39 is 17.5 Å². The number of urea groups is 1. The molecule has 128 valence electrons. The highest BCUT2D eigenvalue weighted by molar-refractivity contribution is 6.11. The molecule has 0 saturated carbocycles. The standard InChI is InChI=1S/C20H20N2O3/c1-13-9-10-16(14(2)11-13)17(23)12-22-18(24)20(3,21-19(22)25)15-7-5-4-6-8-15/h4-11H,12H2,1-3H3,(H,21,25)/t20-/m1/s1. The van der Waals surface area contributed by atoms with Crippen LogP contribution in [0, 0.1) is 13.8 Å². The minimum atomic E-state index is -1.15. The second kappa shape index (κ2) is 6.16. The number of nitrogens with zero attached hydrogens (tertiary/aromatic N) is 1. The summed E-state index contributed by atoms with van der Waals surface area (Å²) in [6.45, 7) is 5.19. The lowest BCUT2D eigenvalue weighted by molar-refractivity contribution is -0.130. The molecule has 5 heteroatoms. The Morgan fingerprint density at radius 1 is 1.08 bits per heavy atom. The highest BCUT2D eigenvalue weighted by Gasteiger charge is 2.49. The van der Waals surface area contributed by atoms with Crippen LogP contribution < -0.4 is 5.32 Å². The van der Waals surface area contributed by atoms with Crippen LogP contribution in [0.2, 0.25) is 0 Å². The Kier molecular flexibility index (Phi) is 4.17. The van der Waals surface area contributed by atoms with Gasteiger partial charge >= 0.3 is 6.03 Å². The van der Waals surface area contributed by atoms with Gasteiger partial charge in [-0.2, -0.15) is 0 Å². The number of rotatable bonds is 4. The molecule has 1 N–H and O–H groups in total. The van der Waals surface area contributed by atoms with Gasteiger partial charge < -0.3 is 5.32 Å². The quantitative estimate of drug-likeness (QED) is 0.689. The third kappa shape index (κ3) is 2.93. The van der Waals surface area contributed by atoms with E-state index >= 15 is 0 Å². The normalized spacial score (nSPS) is 19.9. The number of aryl methyl sites for hydroxylation is 2. The SMILES string of the molecule is Cc1ccc(C(=O)CN2C(=O)N[C@](C)(c3ccccc3)C2=O)c(C)c1. The first-order valence-corrected chi connectivity index (χ1v) is 8.13. The molecular formula is C20H20N2O3. The average molecular weight is 336 g/mol. The zero-order valence-electron chi connectivity index (χ0n) is 14.5. The van der Waals surface area contributed by atoms with Crippen molar-refractivity contribution in [3.8, 4) is 0 Å². The Balaban J connectivity index is 1.85. The molecule has 25 heavy (non-hydrogen) atoms. The zero-order chi connectivity index (χ0) is 18.2. The van der Waals surface area contributed by atoms with Crippen molar-refractivity contribution in [1.82, 2.24) is 10.2 Å². The van der Waals surface area contributed by atoms with E-state index in [2.05, 4.69) is 5.32 Å². The monoisotopic (exact) mass is 336 g/mol. The van der Waals surface area contributed by atoms with Crippen LogP contribution >= 0.6 is 0 Å². The summed E-state index contributed by atoms with van der Waals surface area (Å²) in [5.41, 5.74) is 1.96. The first-order chi connectivity index (χ1) is 11.8. The van der Waals surface area contributed by atoms with Gasteiger partial charge in [0.25, 0.3) is 5.91 Å². The van der Waals surface area contributed by atoms with Crippen molar-refractivity contribution < 1.29 is 14.4 Å². The molecule has 3 rings (SSSR count). The van der Waals surface area contributed by atoms with Gasteiger partial charge in [0, 0.05) is 5.56 Å². The summed E-state index contributed by atoms with van der Waals surface area (Å²) < 4.78 is 0. The number of benzene rings is 2. The summed E-state index contributed by atoms with van der Waals surface area (Å²) in [7, 11) is 0. The van der Waals surface area contributed by atoms with Gasteiger partial charge in [0.1, 0.15) is 5.54 Å². The van der Waals surface area contributed by atoms with Crippen molar-refractivity contribution in [3.63, 3.8) is 0 Å². The summed E-state index contributed by atoms with van der Waals surface area (Å²) in [6.07, 6.45) is 0. The van der Waals surface area contributed by atoms with E-state index in [1.807, 2.05) is 44.2 Å². The van der Waals surface area contributed by atoms with E-state index in [0.29, 0.717) is 11.1 Å². The number of Topliss-reactive ketones (excluding diaryl/α,β-unsaturated/α-hetero) is 1. The third-order valence-corrected chi connectivity index (χ3v) is 4.61. The Morgan fingerprint density at radius 2 is 1.76 bits per heavy atom. The van der Waals surface area contributed by atoms with Crippen LogP contribution in [-0.4, -0.2) is 29.2 Å². The molecule has 1 aliphatic rings. The molecule has 1 heterocycles. The lowest BCUT2D eigenvalue weighted by atomic mass is 9.92. The first-order valence-electron chi connectivity index (χ1n) is 8.13. The molecule has 3 amide bonds. The van der Waals surface area contributed by atoms with Crippen LogP contribution in [0.15, 0.2) is 48.5 Å². The van der Waals surface area contributed by atoms with Gasteiger partial charge in [0.2, 0.25) is 0 Å². The van der Waals surface area contributed by atoms with Crippen molar-refractivity contribution in [1.29, 1.82) is 0 Å². The topological polar surface area (TPSA) is 66.5 Å². The summed E-state index contributed by atoms with van der Waals surface area (Å²) in [6, 6.07) is 14.0. The fraction of sp³-hybridized carbons (Fsp3) is 0.250. The molecule has 1 aliphatic heterocycles. The lowest BCUT2D eigenvalue weighted by Crippen LogP contribution is -2.41. The van der Waals surface area contributed by atoms with Gasteiger partial charge in [0.15, 0.2) is 5.78 Å². The van der Waals surface area contributed by atoms with Crippen molar-refractivity contribution >= 4 is 17.7 Å². The molecular weight excluding hydrogens is 316 g/mol. The highest BCUT2D eigenvalue weighted by Crippen LogP contribution is 2.28. The fourth-order valence-electron chi connectivity index (χ4n) is 3.16. The number of hydrogen-bond donors (Lipinski definition) is 1. The number of ketones is 1. The smallest absolute Gasteiger partial charge is 0.319 e. The van der Waals surface area contributed by atoms with E-state index in [0.717, 1.165) is 16.0 Å². The summed E-state index contributed by atoms with van der Waals surface area (Å²) >= 11 is 0. The maximum absolute atomic E-state index is 12.8. The summed E-state index contributed by atoms with van der Waals surface area (Å²) in [5.74, 6) is -0.667. The largest absolute Gasteiger partial charge is 0.325 e. The van der Waals surface area contributed by atoms with Gasteiger partial charge in [-0.3, -0.25) is 14.5 Å². The van der Waals surface area contributed by atoms with E-state index in [4.69, 9.17) is 0 Å². The van der Waals surface area contributed by atoms with Crippen LogP contribution in [-0.2, 0) is 10.3 Å². The predicted octanol–water partition coefficient (Wildman–Crippen LogP) is 2.95. The van der Waals surface area contributed by atoms with E-state index in [-0.39, 0.29) is 12.3 Å². The van der Waals surface area contributed by atoms with Crippen molar-refractivity contribution in [3.05, 3.63) is 70.8 Å². The summed E-state index contributed by atoms with van der Waals surface area (Å²) in [4.78, 5) is 38.7. The molecule has 0 radical (unpaired) electrons. The molecule has 1 saturated heterocycles. The van der Waals surface area contributed by atoms with Gasteiger partial charge in [0.05, 0.1) is 6.54 Å². The number of nitrogens with one attached hydrogen (secondary N) is 1.